The summed E-state index contributed by atoms with van der Waals surface area (Å²) in [5, 5.41) is 8.63. The van der Waals surface area contributed by atoms with Crippen LogP contribution in [-0.4, -0.2) is 28.3 Å². The molecule has 0 radical (unpaired) electrons. The molecule has 1 rings (SSSR count). The molecule has 9 heteroatoms. The van der Waals surface area contributed by atoms with Crippen LogP contribution >= 0.6 is 22.3 Å². The lowest BCUT2D eigenvalue weighted by Crippen LogP contribution is -2.14. The molecule has 0 fully saturated rings. The van der Waals surface area contributed by atoms with Crippen molar-refractivity contribution >= 4 is 41.2 Å². The first-order chi connectivity index (χ1) is 8.15. The zero-order valence-electron chi connectivity index (χ0n) is 8.80. The molecule has 0 saturated carbocycles. The number of hydrogen-bond donors (Lipinski definition) is 0. The van der Waals surface area contributed by atoms with Gasteiger partial charge in [0.25, 0.3) is 0 Å². The topological polar surface area (TPSA) is 92.1 Å². The summed E-state index contributed by atoms with van der Waals surface area (Å²) in [6.45, 7) is 0. The van der Waals surface area contributed by atoms with Crippen molar-refractivity contribution in [3.05, 3.63) is 28.8 Å². The van der Waals surface area contributed by atoms with Crippen LogP contribution in [0.4, 0.5) is 0 Å². The van der Waals surface area contributed by atoms with Gasteiger partial charge in [-0.1, -0.05) is 11.6 Å². The lowest BCUT2D eigenvalue weighted by atomic mass is 10.2. The molecule has 0 bridgehead atoms. The van der Waals surface area contributed by atoms with Crippen LogP contribution in [0.2, 0.25) is 5.02 Å². The van der Waals surface area contributed by atoms with E-state index in [0.717, 1.165) is 6.07 Å². The minimum absolute atomic E-state index is 0.00712. The molecule has 0 unspecified atom stereocenters. The molecule has 0 amide bonds. The smallest absolute Gasteiger partial charge is 0.224 e. The van der Waals surface area contributed by atoms with E-state index in [9.17, 15) is 16.8 Å². The van der Waals surface area contributed by atoms with Crippen molar-refractivity contribution in [1.29, 1.82) is 5.26 Å². The Morgan fingerprint density at radius 3 is 2.22 bits per heavy atom. The van der Waals surface area contributed by atoms with Crippen LogP contribution in [-0.2, 0) is 18.9 Å². The highest BCUT2D eigenvalue weighted by atomic mass is 35.7. The number of sulfone groups is 1. The van der Waals surface area contributed by atoms with Crippen molar-refractivity contribution in [2.45, 2.75) is 4.90 Å². The maximum absolute atomic E-state index is 11.8. The second kappa shape index (κ2) is 5.45. The quantitative estimate of drug-likeness (QED) is 0.782. The molecule has 0 aliphatic carbocycles. The molecular formula is C9H7Cl2NO4S2. The van der Waals surface area contributed by atoms with Crippen LogP contribution in [0.15, 0.2) is 23.1 Å². The lowest BCUT2D eigenvalue weighted by molar-refractivity contribution is 0.592. The van der Waals surface area contributed by atoms with Gasteiger partial charge in [-0.2, -0.15) is 5.26 Å². The lowest BCUT2D eigenvalue weighted by Gasteiger charge is -2.04. The van der Waals surface area contributed by atoms with Gasteiger partial charge in [-0.3, -0.25) is 0 Å². The van der Waals surface area contributed by atoms with E-state index >= 15 is 0 Å². The SMILES string of the molecule is N#Cc1ccc(S(=O)(=O)CCS(=O)(=O)Cl)cc1Cl. The molecule has 0 aliphatic rings. The normalized spacial score (nSPS) is 12.1. The van der Waals surface area contributed by atoms with E-state index in [2.05, 4.69) is 0 Å². The first-order valence-electron chi connectivity index (χ1n) is 4.50. The molecule has 0 atom stereocenters. The molecule has 0 aliphatic heterocycles. The van der Waals surface area contributed by atoms with E-state index in [1.54, 1.807) is 6.07 Å². The summed E-state index contributed by atoms with van der Waals surface area (Å²) < 4.78 is 44.9. The maximum atomic E-state index is 11.8. The molecule has 0 aromatic heterocycles. The highest BCUT2D eigenvalue weighted by Crippen LogP contribution is 2.21. The van der Waals surface area contributed by atoms with Gasteiger partial charge >= 0.3 is 0 Å². The van der Waals surface area contributed by atoms with Crippen LogP contribution in [0.3, 0.4) is 0 Å². The Morgan fingerprint density at radius 2 is 1.78 bits per heavy atom. The monoisotopic (exact) mass is 327 g/mol. The average molecular weight is 328 g/mol. The standard InChI is InChI=1S/C9H7Cl2NO4S2/c10-9-5-8(2-1-7(9)6-12)17(13,14)3-4-18(11,15)16/h1-2,5H,3-4H2. The van der Waals surface area contributed by atoms with Crippen molar-refractivity contribution in [2.24, 2.45) is 0 Å². The van der Waals surface area contributed by atoms with Gasteiger partial charge in [-0.15, -0.1) is 0 Å². The summed E-state index contributed by atoms with van der Waals surface area (Å²) in [5.74, 6) is -1.32. The first kappa shape index (κ1) is 15.2. The molecule has 0 N–H and O–H groups in total. The minimum Gasteiger partial charge on any atom is -0.224 e. The van der Waals surface area contributed by atoms with Gasteiger partial charge in [0.2, 0.25) is 9.05 Å². The second-order valence-corrected chi connectivity index (χ2v) is 8.73. The van der Waals surface area contributed by atoms with Crippen LogP contribution in [0.1, 0.15) is 5.56 Å². The third-order valence-electron chi connectivity index (χ3n) is 2.02. The molecule has 1 aromatic carbocycles. The maximum Gasteiger partial charge on any atom is 0.233 e. The Balaban J connectivity index is 3.07. The van der Waals surface area contributed by atoms with Gasteiger partial charge in [-0.25, -0.2) is 16.8 Å². The van der Waals surface area contributed by atoms with Crippen molar-refractivity contribution in [3.63, 3.8) is 0 Å². The molecule has 0 saturated heterocycles. The summed E-state index contributed by atoms with van der Waals surface area (Å²) in [5.41, 5.74) is 0.139. The molecular weight excluding hydrogens is 321 g/mol. The van der Waals surface area contributed by atoms with Crippen LogP contribution in [0.25, 0.3) is 0 Å². The number of nitrogens with zero attached hydrogens (tertiary/aromatic N) is 1. The fourth-order valence-electron chi connectivity index (χ4n) is 1.11. The van der Waals surface area contributed by atoms with E-state index in [4.69, 9.17) is 27.5 Å². The van der Waals surface area contributed by atoms with Crippen LogP contribution < -0.4 is 0 Å². The Labute approximate surface area is 114 Å². The largest absolute Gasteiger partial charge is 0.233 e. The molecule has 98 valence electrons. The molecule has 18 heavy (non-hydrogen) atoms. The number of halogens is 2. The summed E-state index contributed by atoms with van der Waals surface area (Å²) in [4.78, 5) is -0.146. The van der Waals surface area contributed by atoms with E-state index in [-0.39, 0.29) is 15.5 Å². The Bertz CT molecular complexity index is 705. The number of rotatable bonds is 4. The number of nitriles is 1. The van der Waals surface area contributed by atoms with Gasteiger partial charge in [0.1, 0.15) is 6.07 Å². The van der Waals surface area contributed by atoms with Gasteiger partial charge in [0.15, 0.2) is 9.84 Å². The molecule has 0 spiro atoms. The predicted molar refractivity (Wildman–Crippen MR) is 67.9 cm³/mol. The van der Waals surface area contributed by atoms with Crippen molar-refractivity contribution in [3.8, 4) is 6.07 Å². The van der Waals surface area contributed by atoms with Crippen molar-refractivity contribution < 1.29 is 16.8 Å². The predicted octanol–water partition coefficient (Wildman–Crippen LogP) is 1.55. The van der Waals surface area contributed by atoms with Crippen molar-refractivity contribution in [2.75, 3.05) is 11.5 Å². The Hall–Kier alpha value is -0.810. The van der Waals surface area contributed by atoms with Gasteiger partial charge in [0.05, 0.1) is 27.0 Å². The Morgan fingerprint density at radius 1 is 1.17 bits per heavy atom. The first-order valence-corrected chi connectivity index (χ1v) is 9.01. The van der Waals surface area contributed by atoms with Crippen LogP contribution in [0.5, 0.6) is 0 Å². The van der Waals surface area contributed by atoms with Crippen molar-refractivity contribution in [1.82, 2.24) is 0 Å². The molecule has 5 nitrogen and oxygen atoms in total. The van der Waals surface area contributed by atoms with E-state index in [1.807, 2.05) is 0 Å². The van der Waals surface area contributed by atoms with Gasteiger partial charge in [0, 0.05) is 10.7 Å². The third-order valence-corrected chi connectivity index (χ3v) is 5.46. The highest BCUT2D eigenvalue weighted by Gasteiger charge is 2.19. The van der Waals surface area contributed by atoms with E-state index in [0.29, 0.717) is 0 Å². The molecule has 0 heterocycles. The number of benzene rings is 1. The van der Waals surface area contributed by atoms with Gasteiger partial charge in [-0.05, 0) is 18.2 Å². The zero-order valence-corrected chi connectivity index (χ0v) is 11.9. The summed E-state index contributed by atoms with van der Waals surface area (Å²) in [6, 6.07) is 5.34. The minimum atomic E-state index is -3.88. The van der Waals surface area contributed by atoms with E-state index in [1.165, 1.54) is 12.1 Å². The molecule has 1 aromatic rings. The average Bonchev–Trinajstić information content (AvgIpc) is 2.25. The van der Waals surface area contributed by atoms with Crippen LogP contribution in [0, 0.1) is 11.3 Å². The number of hydrogen-bond acceptors (Lipinski definition) is 5. The highest BCUT2D eigenvalue weighted by molar-refractivity contribution is 8.14. The third kappa shape index (κ3) is 4.14. The summed E-state index contributed by atoms with van der Waals surface area (Å²) in [7, 11) is -2.73. The Kier molecular flexibility index (Phi) is 4.61. The zero-order chi connectivity index (χ0) is 14.0. The second-order valence-electron chi connectivity index (χ2n) is 3.32. The summed E-state index contributed by atoms with van der Waals surface area (Å²) in [6.07, 6.45) is 0. The summed E-state index contributed by atoms with van der Waals surface area (Å²) >= 11 is 5.69. The fourth-order valence-corrected chi connectivity index (χ4v) is 4.44. The fraction of sp³-hybridized carbons (Fsp3) is 0.222. The van der Waals surface area contributed by atoms with Gasteiger partial charge < -0.3 is 0 Å². The van der Waals surface area contributed by atoms with E-state index < -0.39 is 30.4 Å².